The number of alkyl halides is 3. The van der Waals surface area contributed by atoms with Gasteiger partial charge in [-0.25, -0.2) is 0 Å². The molecule has 3 nitrogen and oxygen atoms in total. The molecule has 2 fully saturated rings. The molecule has 0 amide bonds. The van der Waals surface area contributed by atoms with Crippen molar-refractivity contribution in [3.8, 4) is 5.75 Å². The Labute approximate surface area is 189 Å². The molecule has 1 atom stereocenters. The second-order valence-corrected chi connectivity index (χ2v) is 9.08. The van der Waals surface area contributed by atoms with Gasteiger partial charge in [-0.15, -0.1) is 0 Å². The predicted molar refractivity (Wildman–Crippen MR) is 121 cm³/mol. The van der Waals surface area contributed by atoms with Crippen LogP contribution < -0.4 is 10.1 Å². The van der Waals surface area contributed by atoms with Crippen LogP contribution in [0.4, 0.5) is 13.2 Å². The zero-order valence-corrected chi connectivity index (χ0v) is 18.5. The molecule has 1 heterocycles. The van der Waals surface area contributed by atoms with Crippen LogP contribution in [0.15, 0.2) is 48.5 Å². The Bertz CT molecular complexity index is 844. The molecule has 2 aliphatic rings. The van der Waals surface area contributed by atoms with Crippen LogP contribution in [0, 0.1) is 5.92 Å². The number of benzene rings is 2. The second kappa shape index (κ2) is 10.7. The molecule has 4 rings (SSSR count). The highest BCUT2D eigenvalue weighted by Gasteiger charge is 2.36. The molecule has 1 unspecified atom stereocenters. The first-order chi connectivity index (χ1) is 15.5. The van der Waals surface area contributed by atoms with E-state index in [1.807, 2.05) is 36.4 Å². The summed E-state index contributed by atoms with van der Waals surface area (Å²) in [5.74, 6) is 0.475. The van der Waals surface area contributed by atoms with Crippen molar-refractivity contribution in [1.29, 1.82) is 0 Å². The zero-order valence-electron chi connectivity index (χ0n) is 18.5. The normalized spacial score (nSPS) is 19.6. The van der Waals surface area contributed by atoms with Gasteiger partial charge in [0.15, 0.2) is 0 Å². The number of hydrogen-bond acceptors (Lipinski definition) is 3. The van der Waals surface area contributed by atoms with Gasteiger partial charge in [0.1, 0.15) is 12.4 Å². The molecule has 174 valence electrons. The van der Waals surface area contributed by atoms with Crippen molar-refractivity contribution in [2.24, 2.45) is 5.92 Å². The molecule has 0 aromatic heterocycles. The first kappa shape index (κ1) is 23.1. The Morgan fingerprint density at radius 1 is 0.969 bits per heavy atom. The Morgan fingerprint density at radius 3 is 2.38 bits per heavy atom. The van der Waals surface area contributed by atoms with E-state index in [9.17, 15) is 13.2 Å². The van der Waals surface area contributed by atoms with E-state index in [0.29, 0.717) is 5.92 Å². The van der Waals surface area contributed by atoms with Crippen molar-refractivity contribution in [3.05, 3.63) is 65.2 Å². The molecule has 1 aliphatic heterocycles. The molecule has 0 spiro atoms. The number of nitrogens with zero attached hydrogens (tertiary/aromatic N) is 1. The number of nitrogens with one attached hydrogen (secondary N) is 1. The summed E-state index contributed by atoms with van der Waals surface area (Å²) in [6.07, 6.45) is 1.33. The van der Waals surface area contributed by atoms with E-state index >= 15 is 0 Å². The molecular weight excluding hydrogens is 413 g/mol. The van der Waals surface area contributed by atoms with Crippen LogP contribution in [0.25, 0.3) is 0 Å². The Balaban J connectivity index is 1.59. The molecule has 1 aliphatic carbocycles. The van der Waals surface area contributed by atoms with E-state index in [2.05, 4.69) is 10.2 Å². The van der Waals surface area contributed by atoms with Gasteiger partial charge >= 0.3 is 6.18 Å². The van der Waals surface area contributed by atoms with Crippen molar-refractivity contribution in [1.82, 2.24) is 10.2 Å². The van der Waals surface area contributed by atoms with Gasteiger partial charge in [0, 0.05) is 32.7 Å². The molecule has 1 N–H and O–H groups in total. The standard InChI is InChI=1S/C26H33F3N2O/c27-26(28,29)24-17-22(11-12-25(24)32-19-20-7-3-1-4-8-20)23(21-9-5-2-6-10-21)18-31-15-13-30-14-16-31/h1,3-4,7-8,11-12,17,21,23,30H,2,5-6,9-10,13-16,18-19H2. The Kier molecular flexibility index (Phi) is 7.74. The number of ether oxygens (including phenoxy) is 1. The first-order valence-corrected chi connectivity index (χ1v) is 11.8. The quantitative estimate of drug-likeness (QED) is 0.577. The molecule has 0 bridgehead atoms. The lowest BCUT2D eigenvalue weighted by molar-refractivity contribution is -0.139. The van der Waals surface area contributed by atoms with Crippen LogP contribution in [0.3, 0.4) is 0 Å². The SMILES string of the molecule is FC(F)(F)c1cc(C(CN2CCNCC2)C2CCCCC2)ccc1OCc1ccccc1. The maximum atomic E-state index is 14.0. The highest BCUT2D eigenvalue weighted by atomic mass is 19.4. The van der Waals surface area contributed by atoms with Crippen molar-refractivity contribution in [3.63, 3.8) is 0 Å². The molecule has 0 radical (unpaired) electrons. The summed E-state index contributed by atoms with van der Waals surface area (Å²) < 4.78 is 47.7. The van der Waals surface area contributed by atoms with Gasteiger partial charge in [-0.1, -0.05) is 55.7 Å². The summed E-state index contributed by atoms with van der Waals surface area (Å²) in [6.45, 7) is 4.74. The monoisotopic (exact) mass is 446 g/mol. The molecule has 2 aromatic carbocycles. The maximum Gasteiger partial charge on any atom is 0.419 e. The van der Waals surface area contributed by atoms with Gasteiger partial charge in [-0.05, 0) is 47.9 Å². The third kappa shape index (κ3) is 6.04. The van der Waals surface area contributed by atoms with E-state index in [4.69, 9.17) is 4.74 Å². The van der Waals surface area contributed by atoms with Gasteiger partial charge in [0.2, 0.25) is 0 Å². The topological polar surface area (TPSA) is 24.5 Å². The highest BCUT2D eigenvalue weighted by molar-refractivity contribution is 5.41. The van der Waals surface area contributed by atoms with Crippen LogP contribution in [0.5, 0.6) is 5.75 Å². The number of rotatable bonds is 7. The van der Waals surface area contributed by atoms with Crippen molar-refractivity contribution < 1.29 is 17.9 Å². The maximum absolute atomic E-state index is 14.0. The third-order valence-electron chi connectivity index (χ3n) is 6.86. The van der Waals surface area contributed by atoms with Crippen LogP contribution in [0.2, 0.25) is 0 Å². The van der Waals surface area contributed by atoms with Gasteiger partial charge in [0.05, 0.1) is 5.56 Å². The smallest absolute Gasteiger partial charge is 0.419 e. The summed E-state index contributed by atoms with van der Waals surface area (Å²) in [5.41, 5.74) is 0.991. The molecule has 2 aromatic rings. The summed E-state index contributed by atoms with van der Waals surface area (Å²) in [4.78, 5) is 2.41. The molecular formula is C26H33F3N2O. The lowest BCUT2D eigenvalue weighted by Gasteiger charge is -2.36. The van der Waals surface area contributed by atoms with E-state index in [-0.39, 0.29) is 18.3 Å². The fraction of sp³-hybridized carbons (Fsp3) is 0.538. The number of halogens is 3. The van der Waals surface area contributed by atoms with Gasteiger partial charge in [-0.3, -0.25) is 0 Å². The number of hydrogen-bond donors (Lipinski definition) is 1. The van der Waals surface area contributed by atoms with E-state index < -0.39 is 11.7 Å². The fourth-order valence-electron chi connectivity index (χ4n) is 5.10. The lowest BCUT2D eigenvalue weighted by atomic mass is 9.76. The summed E-state index contributed by atoms with van der Waals surface area (Å²) in [5, 5.41) is 3.36. The molecule has 1 saturated heterocycles. The van der Waals surface area contributed by atoms with Gasteiger partial charge in [-0.2, -0.15) is 13.2 Å². The summed E-state index contributed by atoms with van der Waals surface area (Å²) in [6, 6.07) is 14.1. The first-order valence-electron chi connectivity index (χ1n) is 11.8. The minimum Gasteiger partial charge on any atom is -0.488 e. The van der Waals surface area contributed by atoms with Crippen LogP contribution in [0.1, 0.15) is 54.7 Å². The number of piperazine rings is 1. The van der Waals surface area contributed by atoms with Gasteiger partial charge in [0.25, 0.3) is 0 Å². The molecule has 6 heteroatoms. The Morgan fingerprint density at radius 2 is 1.69 bits per heavy atom. The average Bonchev–Trinajstić information content (AvgIpc) is 2.82. The molecule has 1 saturated carbocycles. The largest absolute Gasteiger partial charge is 0.488 e. The lowest BCUT2D eigenvalue weighted by Crippen LogP contribution is -2.45. The van der Waals surface area contributed by atoms with Crippen molar-refractivity contribution in [2.45, 2.75) is 50.8 Å². The van der Waals surface area contributed by atoms with Crippen LogP contribution >= 0.6 is 0 Å². The molecule has 32 heavy (non-hydrogen) atoms. The fourth-order valence-corrected chi connectivity index (χ4v) is 5.10. The van der Waals surface area contributed by atoms with E-state index in [0.717, 1.165) is 56.7 Å². The van der Waals surface area contributed by atoms with Crippen LogP contribution in [-0.2, 0) is 12.8 Å². The minimum atomic E-state index is -4.45. The summed E-state index contributed by atoms with van der Waals surface area (Å²) in [7, 11) is 0. The van der Waals surface area contributed by atoms with E-state index in [1.165, 1.54) is 31.4 Å². The van der Waals surface area contributed by atoms with Crippen molar-refractivity contribution >= 4 is 0 Å². The average molecular weight is 447 g/mol. The Hall–Kier alpha value is -2.05. The van der Waals surface area contributed by atoms with Gasteiger partial charge < -0.3 is 15.0 Å². The van der Waals surface area contributed by atoms with E-state index in [1.54, 1.807) is 0 Å². The van der Waals surface area contributed by atoms with Crippen molar-refractivity contribution in [2.75, 3.05) is 32.7 Å². The third-order valence-corrected chi connectivity index (χ3v) is 6.86. The summed E-state index contributed by atoms with van der Waals surface area (Å²) >= 11 is 0. The second-order valence-electron chi connectivity index (χ2n) is 9.08. The predicted octanol–water partition coefficient (Wildman–Crippen LogP) is 5.85. The van der Waals surface area contributed by atoms with Crippen LogP contribution in [-0.4, -0.2) is 37.6 Å². The highest BCUT2D eigenvalue weighted by Crippen LogP contribution is 2.42. The minimum absolute atomic E-state index is 0.0883. The zero-order chi connectivity index (χ0) is 22.4.